The predicted octanol–water partition coefficient (Wildman–Crippen LogP) is 1.21. The normalized spacial score (nSPS) is 8.29. The summed E-state index contributed by atoms with van der Waals surface area (Å²) >= 11 is 0. The van der Waals surface area contributed by atoms with Crippen molar-refractivity contribution in [1.82, 2.24) is 0 Å². The van der Waals surface area contributed by atoms with E-state index in [1.54, 1.807) is 6.92 Å². The van der Waals surface area contributed by atoms with Crippen LogP contribution in [0.3, 0.4) is 0 Å². The molecule has 0 aromatic rings. The van der Waals surface area contributed by atoms with Crippen molar-refractivity contribution in [2.45, 2.75) is 21.8 Å². The lowest BCUT2D eigenvalue weighted by Gasteiger charge is -1.92. The Bertz CT molecular complexity index is 206. The van der Waals surface area contributed by atoms with Gasteiger partial charge in [-0.05, 0) is 6.92 Å². The van der Waals surface area contributed by atoms with Gasteiger partial charge in [0.05, 0.1) is 6.61 Å². The van der Waals surface area contributed by atoms with E-state index < -0.39 is 23.1 Å². The van der Waals surface area contributed by atoms with Crippen molar-refractivity contribution in [2.24, 2.45) is 0 Å². The van der Waals surface area contributed by atoms with Crippen molar-refractivity contribution < 1.29 is 30.8 Å². The molecule has 0 bridgehead atoms. The second kappa shape index (κ2) is 12.2. The summed E-state index contributed by atoms with van der Waals surface area (Å²) in [6, 6.07) is 0. The standard InChI is InChI=1S/C4H7FO2.2CH4.FHO3S/c1-2-7-4(6)3-5;;;1-5(2,3)4/h2-3H2,1H3;2*1H4;(H,2,3,4)/p-1. The van der Waals surface area contributed by atoms with Gasteiger partial charge in [-0.15, -0.1) is 3.89 Å². The molecule has 8 heteroatoms. The maximum Gasteiger partial charge on any atom is 0.337 e. The van der Waals surface area contributed by atoms with Gasteiger partial charge in [0.2, 0.25) is 0 Å². The molecule has 5 nitrogen and oxygen atoms in total. The molecule has 0 rings (SSSR count). The van der Waals surface area contributed by atoms with Crippen LogP contribution in [0.15, 0.2) is 0 Å². The first kappa shape index (κ1) is 23.2. The summed E-state index contributed by atoms with van der Waals surface area (Å²) in [6.45, 7) is 0.865. The molecule has 0 amide bonds. The number of ether oxygens (including phenoxy) is 1. The van der Waals surface area contributed by atoms with E-state index in [0.29, 0.717) is 0 Å². The average molecular weight is 237 g/mol. The minimum Gasteiger partial charge on any atom is -0.722 e. The largest absolute Gasteiger partial charge is 0.722 e. The number of alkyl halides is 1. The molecule has 0 fully saturated rings. The number of hydrogen-bond donors (Lipinski definition) is 0. The van der Waals surface area contributed by atoms with E-state index in [1.165, 1.54) is 0 Å². The van der Waals surface area contributed by atoms with Crippen LogP contribution in [0.25, 0.3) is 0 Å². The molecule has 0 aromatic carbocycles. The Morgan fingerprint density at radius 2 is 1.71 bits per heavy atom. The zero-order valence-corrected chi connectivity index (χ0v) is 6.94. The first-order chi connectivity index (χ1) is 5.31. The summed E-state index contributed by atoms with van der Waals surface area (Å²) in [4.78, 5) is 9.81. The summed E-state index contributed by atoms with van der Waals surface area (Å²) in [7, 11) is -5.42. The molecule has 0 aromatic heterocycles. The monoisotopic (exact) mass is 237 g/mol. The van der Waals surface area contributed by atoms with Crippen LogP contribution >= 0.6 is 0 Å². The van der Waals surface area contributed by atoms with Crippen LogP contribution in [-0.4, -0.2) is 32.2 Å². The third kappa shape index (κ3) is 65.6. The van der Waals surface area contributed by atoms with E-state index in [4.69, 9.17) is 13.0 Å². The molecule has 0 aliphatic heterocycles. The van der Waals surface area contributed by atoms with Crippen LogP contribution in [0.1, 0.15) is 21.8 Å². The summed E-state index contributed by atoms with van der Waals surface area (Å²) in [6.07, 6.45) is 0. The molecular weight excluding hydrogens is 222 g/mol. The Morgan fingerprint density at radius 1 is 1.43 bits per heavy atom. The van der Waals surface area contributed by atoms with Gasteiger partial charge in [-0.2, -0.15) is 0 Å². The fourth-order valence-electron chi connectivity index (χ4n) is 0.200. The number of carbonyl (C=O) groups is 1. The lowest BCUT2D eigenvalue weighted by Crippen LogP contribution is -2.04. The number of esters is 1. The summed E-state index contributed by atoms with van der Waals surface area (Å²) in [5.41, 5.74) is 0. The molecule has 0 aliphatic rings. The van der Waals surface area contributed by atoms with Crippen LogP contribution in [0.4, 0.5) is 8.28 Å². The van der Waals surface area contributed by atoms with Crippen molar-refractivity contribution in [2.75, 3.05) is 13.3 Å². The molecule has 0 saturated carbocycles. The third-order valence-electron chi connectivity index (χ3n) is 0.414. The Morgan fingerprint density at radius 3 is 1.79 bits per heavy atom. The molecule has 0 saturated heterocycles. The predicted molar refractivity (Wildman–Crippen MR) is 46.9 cm³/mol. The van der Waals surface area contributed by atoms with Crippen LogP contribution in [0.5, 0.6) is 0 Å². The molecule has 14 heavy (non-hydrogen) atoms. The summed E-state index contributed by atoms with van der Waals surface area (Å²) in [5, 5.41) is 0. The maximum absolute atomic E-state index is 11.1. The van der Waals surface area contributed by atoms with Gasteiger partial charge >= 0.3 is 5.97 Å². The van der Waals surface area contributed by atoms with Crippen LogP contribution in [0.2, 0.25) is 0 Å². The van der Waals surface area contributed by atoms with Gasteiger partial charge in [-0.1, -0.05) is 14.9 Å². The molecule has 0 spiro atoms. The summed E-state index contributed by atoms with van der Waals surface area (Å²) < 4.78 is 50.6. The van der Waals surface area contributed by atoms with Crippen molar-refractivity contribution in [3.63, 3.8) is 0 Å². The third-order valence-corrected chi connectivity index (χ3v) is 0.414. The van der Waals surface area contributed by atoms with Gasteiger partial charge in [-0.25, -0.2) is 17.6 Å². The van der Waals surface area contributed by atoms with Gasteiger partial charge in [-0.3, -0.25) is 0 Å². The Balaban J connectivity index is -0.0000000651. The highest BCUT2D eigenvalue weighted by Gasteiger charge is 1.94. The number of halogens is 2. The fraction of sp³-hybridized carbons (Fsp3) is 0.833. The quantitative estimate of drug-likeness (QED) is 0.409. The molecule has 0 atom stereocenters. The van der Waals surface area contributed by atoms with E-state index in [-0.39, 0.29) is 21.5 Å². The second-order valence-electron chi connectivity index (χ2n) is 1.33. The van der Waals surface area contributed by atoms with E-state index in [9.17, 15) is 13.1 Å². The smallest absolute Gasteiger partial charge is 0.337 e. The minimum absolute atomic E-state index is 0. The zero-order valence-electron chi connectivity index (χ0n) is 6.12. The van der Waals surface area contributed by atoms with Crippen LogP contribution in [0, 0.1) is 0 Å². The first-order valence-electron chi connectivity index (χ1n) is 2.68. The zero-order chi connectivity index (χ0) is 10.2. The SMILES string of the molecule is C.C.CCOC(=O)CF.O=S(=O)([O-])F. The Hall–Kier alpha value is -0.760. The van der Waals surface area contributed by atoms with Crippen molar-refractivity contribution in [3.8, 4) is 0 Å². The van der Waals surface area contributed by atoms with Crippen LogP contribution in [-0.2, 0) is 20.0 Å². The molecule has 0 N–H and O–H groups in total. The number of rotatable bonds is 2. The molecule has 0 aliphatic carbocycles. The molecular formula is C6H15F2O5S-. The number of carbonyl (C=O) groups excluding carboxylic acids is 1. The van der Waals surface area contributed by atoms with Crippen LogP contribution < -0.4 is 0 Å². The van der Waals surface area contributed by atoms with Gasteiger partial charge in [0.25, 0.3) is 10.5 Å². The highest BCUT2D eigenvalue weighted by molar-refractivity contribution is 7.80. The summed E-state index contributed by atoms with van der Waals surface area (Å²) in [5.74, 6) is -0.789. The average Bonchev–Trinajstić information content (AvgIpc) is 1.85. The topological polar surface area (TPSA) is 83.5 Å². The lowest BCUT2D eigenvalue weighted by atomic mass is 10.7. The van der Waals surface area contributed by atoms with Gasteiger partial charge in [0.1, 0.15) is 0 Å². The lowest BCUT2D eigenvalue weighted by molar-refractivity contribution is -0.144. The fourth-order valence-corrected chi connectivity index (χ4v) is 0.200. The Kier molecular flexibility index (Phi) is 20.3. The van der Waals surface area contributed by atoms with E-state index >= 15 is 0 Å². The van der Waals surface area contributed by atoms with Crippen molar-refractivity contribution in [1.29, 1.82) is 0 Å². The van der Waals surface area contributed by atoms with E-state index in [0.717, 1.165) is 0 Å². The molecule has 90 valence electrons. The van der Waals surface area contributed by atoms with E-state index in [1.807, 2.05) is 0 Å². The molecule has 0 unspecified atom stereocenters. The first-order valence-corrected chi connectivity index (χ1v) is 3.99. The maximum atomic E-state index is 11.1. The molecule has 0 radical (unpaired) electrons. The van der Waals surface area contributed by atoms with Crippen molar-refractivity contribution >= 4 is 16.5 Å². The van der Waals surface area contributed by atoms with Crippen molar-refractivity contribution in [3.05, 3.63) is 0 Å². The Labute approximate surface area is 83.1 Å². The highest BCUT2D eigenvalue weighted by atomic mass is 32.3. The molecule has 0 heterocycles. The number of hydrogen-bond acceptors (Lipinski definition) is 5. The van der Waals surface area contributed by atoms with Gasteiger partial charge in [0.15, 0.2) is 6.67 Å². The van der Waals surface area contributed by atoms with E-state index in [2.05, 4.69) is 4.74 Å². The highest BCUT2D eigenvalue weighted by Crippen LogP contribution is 1.76. The minimum atomic E-state index is -5.42. The van der Waals surface area contributed by atoms with Gasteiger partial charge < -0.3 is 9.29 Å². The van der Waals surface area contributed by atoms with Gasteiger partial charge in [0, 0.05) is 0 Å². The second-order valence-corrected chi connectivity index (χ2v) is 2.12.